The van der Waals surface area contributed by atoms with E-state index in [-0.39, 0.29) is 12.1 Å². The molecule has 38 heavy (non-hydrogen) atoms. The standard InChI is InChI=1S/C23H34N4O2.C5H10O.C2H6.H3N/c1-3-19(16-28-15-7-11-23(24)27-25)8-6-14-29-17-22-18(2)12-13-20-9-4-5-10-21(20)26-22;1-3-4-5-6-2;1-2;/h3-7,9-10,14-15,18-19,22,26H,1,8,11-13,16-17,25H2,2H3,(H2,24,27);4-5H,3H2,1-2H3;1-2H3;1H3/b14-6+,15-7+;5-4+;;/t18?,19?,22-;;;/m0.../s1. The van der Waals surface area contributed by atoms with Crippen LogP contribution in [0.5, 0.6) is 0 Å². The van der Waals surface area contributed by atoms with Crippen molar-refractivity contribution >= 4 is 11.5 Å². The van der Waals surface area contributed by atoms with E-state index in [9.17, 15) is 0 Å². The summed E-state index contributed by atoms with van der Waals surface area (Å²) < 4.78 is 15.9. The van der Waals surface area contributed by atoms with Gasteiger partial charge in [0.05, 0.1) is 38.5 Å². The summed E-state index contributed by atoms with van der Waals surface area (Å²) in [7, 11) is 1.64. The van der Waals surface area contributed by atoms with Gasteiger partial charge in [0.25, 0.3) is 0 Å². The number of allylic oxidation sites excluding steroid dienone is 2. The molecule has 8 heteroatoms. The summed E-state index contributed by atoms with van der Waals surface area (Å²) in [4.78, 5) is 0. The lowest BCUT2D eigenvalue weighted by molar-refractivity contribution is 0.203. The van der Waals surface area contributed by atoms with Crippen LogP contribution in [-0.2, 0) is 20.6 Å². The van der Waals surface area contributed by atoms with Crippen LogP contribution >= 0.6 is 0 Å². The number of hydrogen-bond acceptors (Lipinski definition) is 7. The molecule has 0 amide bonds. The molecule has 2 unspecified atom stereocenters. The second-order valence-corrected chi connectivity index (χ2v) is 8.41. The number of rotatable bonds is 13. The number of fused-ring (bicyclic) bond motifs is 1. The monoisotopic (exact) mass is 531 g/mol. The molecule has 0 bridgehead atoms. The third-order valence-electron chi connectivity index (χ3n) is 5.62. The number of aryl methyl sites for hydroxylation is 1. The lowest BCUT2D eigenvalue weighted by atomic mass is 9.97. The molecule has 0 spiro atoms. The van der Waals surface area contributed by atoms with Crippen molar-refractivity contribution in [3.8, 4) is 0 Å². The number of ether oxygens (including phenoxy) is 3. The fourth-order valence-electron chi connectivity index (χ4n) is 3.36. The Hall–Kier alpha value is -3.39. The Labute approximate surface area is 231 Å². The third-order valence-corrected chi connectivity index (χ3v) is 5.62. The molecule has 1 aromatic carbocycles. The lowest BCUT2D eigenvalue weighted by Crippen LogP contribution is -2.30. The normalized spacial score (nSPS) is 17.4. The van der Waals surface area contributed by atoms with Gasteiger partial charge in [-0.2, -0.15) is 5.10 Å². The Morgan fingerprint density at radius 1 is 1.16 bits per heavy atom. The van der Waals surface area contributed by atoms with Crippen molar-refractivity contribution in [1.82, 2.24) is 6.15 Å². The average Bonchev–Trinajstić information content (AvgIpc) is 3.10. The molecule has 1 aliphatic heterocycles. The van der Waals surface area contributed by atoms with Crippen LogP contribution < -0.4 is 23.0 Å². The van der Waals surface area contributed by atoms with Gasteiger partial charge in [-0.3, -0.25) is 0 Å². The molecule has 216 valence electrons. The van der Waals surface area contributed by atoms with E-state index < -0.39 is 0 Å². The number of amidine groups is 1. The first kappa shape index (κ1) is 36.8. The van der Waals surface area contributed by atoms with Crippen molar-refractivity contribution in [1.29, 1.82) is 0 Å². The van der Waals surface area contributed by atoms with Gasteiger partial charge in [-0.1, -0.05) is 58.0 Å². The maximum atomic E-state index is 5.82. The molecule has 1 aliphatic rings. The molecule has 0 fully saturated rings. The summed E-state index contributed by atoms with van der Waals surface area (Å²) in [5.41, 5.74) is 8.12. The summed E-state index contributed by atoms with van der Waals surface area (Å²) >= 11 is 0. The number of benzene rings is 1. The van der Waals surface area contributed by atoms with Crippen molar-refractivity contribution in [2.75, 3.05) is 25.6 Å². The molecule has 0 aromatic heterocycles. The molecule has 3 atom stereocenters. The fraction of sp³-hybridized carbons (Fsp3) is 0.500. The first-order valence-corrected chi connectivity index (χ1v) is 13.3. The molecule has 1 heterocycles. The number of para-hydroxylation sites is 1. The Bertz CT molecular complexity index is 818. The molecule has 0 aliphatic carbocycles. The Balaban J connectivity index is 0. The van der Waals surface area contributed by atoms with Gasteiger partial charge in [0.1, 0.15) is 12.4 Å². The number of nitrogens with one attached hydrogen (secondary N) is 1. The van der Waals surface area contributed by atoms with Gasteiger partial charge in [0.15, 0.2) is 0 Å². The van der Waals surface area contributed by atoms with Crippen LogP contribution in [0.4, 0.5) is 5.69 Å². The van der Waals surface area contributed by atoms with E-state index in [4.69, 9.17) is 21.1 Å². The Morgan fingerprint density at radius 2 is 1.87 bits per heavy atom. The highest BCUT2D eigenvalue weighted by atomic mass is 16.5. The highest BCUT2D eigenvalue weighted by Gasteiger charge is 2.22. The molecule has 2 rings (SSSR count). The predicted molar refractivity (Wildman–Crippen MR) is 163 cm³/mol. The van der Waals surface area contributed by atoms with E-state index in [1.807, 2.05) is 32.1 Å². The summed E-state index contributed by atoms with van der Waals surface area (Å²) in [5, 5.41) is 7.04. The van der Waals surface area contributed by atoms with Crippen LogP contribution in [0, 0.1) is 11.8 Å². The van der Waals surface area contributed by atoms with Crippen molar-refractivity contribution in [3.05, 3.63) is 79.5 Å². The quantitative estimate of drug-likeness (QED) is 0.0556. The second-order valence-electron chi connectivity index (χ2n) is 8.41. The van der Waals surface area contributed by atoms with Crippen molar-refractivity contribution in [2.45, 2.75) is 65.8 Å². The van der Waals surface area contributed by atoms with E-state index in [0.29, 0.717) is 37.4 Å². The summed E-state index contributed by atoms with van der Waals surface area (Å²) in [6.07, 6.45) is 17.3. The van der Waals surface area contributed by atoms with Crippen LogP contribution in [0.15, 0.2) is 79.0 Å². The van der Waals surface area contributed by atoms with Gasteiger partial charge in [0, 0.05) is 18.0 Å². The Kier molecular flexibility index (Phi) is 24.4. The molecule has 0 saturated carbocycles. The third kappa shape index (κ3) is 17.1. The minimum atomic E-state index is 0. The van der Waals surface area contributed by atoms with Gasteiger partial charge in [0.2, 0.25) is 0 Å². The SMILES string of the molecule is C=CC(C/C=C/OC[C@@H]1Nc2ccccc2CCC1C)CO/C=C/C/C(N)=N/N.CC.CC/C=C/OC.N. The first-order chi connectivity index (χ1) is 18.0. The van der Waals surface area contributed by atoms with Gasteiger partial charge in [-0.25, -0.2) is 0 Å². The molecular formula is C30H53N5O3. The average molecular weight is 532 g/mol. The van der Waals surface area contributed by atoms with Crippen molar-refractivity contribution in [2.24, 2.45) is 28.5 Å². The minimum absolute atomic E-state index is 0. The molecule has 0 radical (unpaired) electrons. The molecule has 1 aromatic rings. The number of nitrogens with two attached hydrogens (primary N) is 2. The smallest absolute Gasteiger partial charge is 0.123 e. The van der Waals surface area contributed by atoms with Crippen LogP contribution in [0.2, 0.25) is 0 Å². The Morgan fingerprint density at radius 3 is 2.50 bits per heavy atom. The number of nitrogens with zero attached hydrogens (tertiary/aromatic N) is 1. The van der Waals surface area contributed by atoms with E-state index in [1.165, 1.54) is 11.3 Å². The van der Waals surface area contributed by atoms with Crippen molar-refractivity contribution < 1.29 is 14.2 Å². The van der Waals surface area contributed by atoms with Gasteiger partial charge in [-0.15, -0.1) is 6.58 Å². The lowest BCUT2D eigenvalue weighted by Gasteiger charge is -2.23. The molecule has 8 N–H and O–H groups in total. The topological polar surface area (TPSA) is 139 Å². The highest BCUT2D eigenvalue weighted by molar-refractivity contribution is 5.81. The van der Waals surface area contributed by atoms with Crippen LogP contribution in [-0.4, -0.2) is 32.2 Å². The van der Waals surface area contributed by atoms with Crippen LogP contribution in [0.3, 0.4) is 0 Å². The second kappa shape index (κ2) is 25.3. The zero-order valence-electron chi connectivity index (χ0n) is 24.3. The predicted octanol–water partition coefficient (Wildman–Crippen LogP) is 6.67. The van der Waals surface area contributed by atoms with Crippen LogP contribution in [0.25, 0.3) is 0 Å². The van der Waals surface area contributed by atoms with E-state index >= 15 is 0 Å². The zero-order chi connectivity index (χ0) is 27.7. The number of anilines is 1. The van der Waals surface area contributed by atoms with Gasteiger partial charge >= 0.3 is 0 Å². The van der Waals surface area contributed by atoms with Gasteiger partial charge in [-0.05, 0) is 55.4 Å². The van der Waals surface area contributed by atoms with E-state index in [0.717, 1.165) is 25.7 Å². The summed E-state index contributed by atoms with van der Waals surface area (Å²) in [5.74, 6) is 6.20. The van der Waals surface area contributed by atoms with Crippen molar-refractivity contribution in [3.63, 3.8) is 0 Å². The fourth-order valence-corrected chi connectivity index (χ4v) is 3.36. The zero-order valence-corrected chi connectivity index (χ0v) is 24.3. The summed E-state index contributed by atoms with van der Waals surface area (Å²) in [6, 6.07) is 8.83. The van der Waals surface area contributed by atoms with Crippen LogP contribution in [0.1, 0.15) is 58.9 Å². The minimum Gasteiger partial charge on any atom is -0.505 e. The van der Waals surface area contributed by atoms with E-state index in [1.54, 1.807) is 32.0 Å². The maximum absolute atomic E-state index is 5.82. The first-order valence-electron chi connectivity index (χ1n) is 13.3. The van der Waals surface area contributed by atoms with E-state index in [2.05, 4.69) is 59.8 Å². The molecule has 8 nitrogen and oxygen atoms in total. The van der Waals surface area contributed by atoms with Gasteiger partial charge < -0.3 is 37.3 Å². The highest BCUT2D eigenvalue weighted by Crippen LogP contribution is 2.27. The largest absolute Gasteiger partial charge is 0.505 e. The number of hydrogen-bond donors (Lipinski definition) is 4. The number of hydrazone groups is 1. The maximum Gasteiger partial charge on any atom is 0.123 e. The number of methoxy groups -OCH3 is 1. The molecule has 0 saturated heterocycles. The molecular weight excluding hydrogens is 478 g/mol. The summed E-state index contributed by atoms with van der Waals surface area (Å²) in [6.45, 7) is 13.4.